The van der Waals surface area contributed by atoms with Crippen molar-refractivity contribution in [2.24, 2.45) is 35.5 Å². The van der Waals surface area contributed by atoms with Crippen molar-refractivity contribution in [3.63, 3.8) is 0 Å². The Morgan fingerprint density at radius 3 is 1.46 bits per heavy atom. The molecular weight excluding hydrogens is 1010 g/mol. The van der Waals surface area contributed by atoms with E-state index in [1.165, 1.54) is 44.9 Å². The number of aryl methyl sites for hydroxylation is 1. The lowest BCUT2D eigenvalue weighted by Gasteiger charge is -2.31. The number of ether oxygens (including phenoxy) is 6. The Hall–Kier alpha value is -3.31. The van der Waals surface area contributed by atoms with E-state index >= 15 is 0 Å². The van der Waals surface area contributed by atoms with Crippen molar-refractivity contribution < 1.29 is 65.3 Å². The standard InChI is InChI=1S/C35H54O8S.C28H48O6/c1-5-6-7-10-13-21-35(40-23-24-41-35)22-20-31-29(26-42-44(38,39)30-18-16-28(4)17-19-30)25-33(36)32(31)14-11-8-9-12-15-34(37)43-27(2)3;1-4-5-6-9-12-16-28(32-18-19-33-28)17-15-24-23(21-29)20-26(30)25(24)13-10-7-8-11-14-27(31)34-22(2)3/h8,11,16-19,27,29,31-32H,5-7,9-10,12-15,20-26H2,1-4H3;7,10,22-25,29H,4-6,8-9,11-21H2,1-3H3/t29-,31-,32+;23-,24-,25+/m00/s1. The Labute approximate surface area is 470 Å². The average Bonchev–Trinajstić information content (AvgIpc) is 4.22. The lowest BCUT2D eigenvalue weighted by molar-refractivity contribution is -0.171. The minimum atomic E-state index is -3.94. The molecule has 1 N–H and O–H groups in total. The molecule has 2 saturated carbocycles. The molecule has 0 radical (unpaired) electrons. The van der Waals surface area contributed by atoms with Crippen LogP contribution in [0.5, 0.6) is 0 Å². The maximum Gasteiger partial charge on any atom is 0.306 e. The van der Waals surface area contributed by atoms with Crippen molar-refractivity contribution in [1.29, 1.82) is 0 Å². The van der Waals surface area contributed by atoms with Crippen molar-refractivity contribution in [3.8, 4) is 0 Å². The van der Waals surface area contributed by atoms with Crippen LogP contribution in [0.15, 0.2) is 53.5 Å². The van der Waals surface area contributed by atoms with E-state index in [0.29, 0.717) is 84.2 Å². The number of carbonyl (C=O) groups is 4. The van der Waals surface area contributed by atoms with E-state index in [9.17, 15) is 32.7 Å². The number of aliphatic hydroxyl groups is 1. The molecule has 2 heterocycles. The fourth-order valence-corrected chi connectivity index (χ4v) is 12.7. The molecular formula is C63H102O14S. The summed E-state index contributed by atoms with van der Waals surface area (Å²) in [5.41, 5.74) is 0.965. The summed E-state index contributed by atoms with van der Waals surface area (Å²) < 4.78 is 66.4. The van der Waals surface area contributed by atoms with E-state index < -0.39 is 21.7 Å². The van der Waals surface area contributed by atoms with Gasteiger partial charge in [-0.05, 0) is 135 Å². The van der Waals surface area contributed by atoms with E-state index in [4.69, 9.17) is 32.6 Å². The first-order valence-corrected chi connectivity index (χ1v) is 31.7. The van der Waals surface area contributed by atoms with Crippen molar-refractivity contribution in [3.05, 3.63) is 54.1 Å². The van der Waals surface area contributed by atoms with E-state index in [2.05, 4.69) is 26.0 Å². The number of Topliss-reactive ketones (excluding diaryl/α,β-unsaturated/α-hetero) is 2. The molecule has 5 rings (SSSR count). The zero-order valence-electron chi connectivity index (χ0n) is 49.0. The van der Waals surface area contributed by atoms with Gasteiger partial charge in [-0.1, -0.05) is 107 Å². The highest BCUT2D eigenvalue weighted by Crippen LogP contribution is 2.45. The zero-order chi connectivity index (χ0) is 56.8. The lowest BCUT2D eigenvalue weighted by atomic mass is 9.82. The van der Waals surface area contributed by atoms with Crippen LogP contribution in [-0.4, -0.2) is 100 Å². The van der Waals surface area contributed by atoms with Gasteiger partial charge >= 0.3 is 11.9 Å². The third-order valence-electron chi connectivity index (χ3n) is 16.0. The molecule has 0 bridgehead atoms. The van der Waals surface area contributed by atoms with E-state index in [-0.39, 0.29) is 89.3 Å². The number of allylic oxidation sites excluding steroid dienone is 4. The van der Waals surface area contributed by atoms with Crippen molar-refractivity contribution in [2.75, 3.05) is 39.6 Å². The highest BCUT2D eigenvalue weighted by Gasteiger charge is 2.46. The first-order chi connectivity index (χ1) is 37.5. The van der Waals surface area contributed by atoms with Crippen LogP contribution >= 0.6 is 0 Å². The normalized spacial score (nSPS) is 23.1. The van der Waals surface area contributed by atoms with Gasteiger partial charge in [0.25, 0.3) is 10.1 Å². The van der Waals surface area contributed by atoms with Crippen molar-refractivity contribution in [2.45, 2.75) is 244 Å². The number of aliphatic hydroxyl groups excluding tert-OH is 1. The van der Waals surface area contributed by atoms with Gasteiger partial charge in [-0.2, -0.15) is 8.42 Å². The van der Waals surface area contributed by atoms with E-state index in [0.717, 1.165) is 69.8 Å². The van der Waals surface area contributed by atoms with Gasteiger partial charge in [0.15, 0.2) is 11.6 Å². The van der Waals surface area contributed by atoms with Crippen LogP contribution in [0.2, 0.25) is 0 Å². The molecule has 1 aromatic carbocycles. The fourth-order valence-electron chi connectivity index (χ4n) is 11.8. The molecule has 1 aromatic rings. The van der Waals surface area contributed by atoms with Gasteiger partial charge in [-0.15, -0.1) is 0 Å². The SMILES string of the molecule is CCCCCCCC1(CC[C@H]2[C@H](CO)CC(=O)[C@@H]2CC=CCCCC(=O)OC(C)C)OCCO1.CCCCCCCC1(CC[C@H]2[C@H](COS(=O)(=O)c3ccc(C)cc3)CC(=O)[C@@H]2CC=CCCCC(=O)OC(C)C)OCCO1. The summed E-state index contributed by atoms with van der Waals surface area (Å²) in [4.78, 5) is 49.6. The number of hydrogen-bond donors (Lipinski definition) is 1. The second kappa shape index (κ2) is 36.2. The summed E-state index contributed by atoms with van der Waals surface area (Å²) in [7, 11) is -3.94. The Kier molecular flexibility index (Phi) is 31.2. The summed E-state index contributed by atoms with van der Waals surface area (Å²) >= 11 is 0. The molecule has 78 heavy (non-hydrogen) atoms. The van der Waals surface area contributed by atoms with Gasteiger partial charge in [-0.3, -0.25) is 23.4 Å². The van der Waals surface area contributed by atoms with Gasteiger partial charge in [0.1, 0.15) is 11.6 Å². The van der Waals surface area contributed by atoms with E-state index in [1.807, 2.05) is 46.8 Å². The molecule has 0 unspecified atom stereocenters. The van der Waals surface area contributed by atoms with Gasteiger partial charge in [0.05, 0.1) is 50.1 Å². The van der Waals surface area contributed by atoms with Gasteiger partial charge in [0.2, 0.25) is 0 Å². The third-order valence-corrected chi connectivity index (χ3v) is 17.3. The number of benzene rings is 1. The maximum atomic E-state index is 13.3. The Morgan fingerprint density at radius 2 is 1.04 bits per heavy atom. The number of esters is 2. The summed E-state index contributed by atoms with van der Waals surface area (Å²) in [6.07, 6.45) is 30.3. The van der Waals surface area contributed by atoms with Crippen LogP contribution in [0, 0.1) is 42.4 Å². The smallest absolute Gasteiger partial charge is 0.306 e. The van der Waals surface area contributed by atoms with Gasteiger partial charge < -0.3 is 33.5 Å². The Balaban J connectivity index is 0.000000348. The molecule has 15 heteroatoms. The number of rotatable bonds is 37. The number of ketones is 2. The lowest BCUT2D eigenvalue weighted by Crippen LogP contribution is -2.32. The monoisotopic (exact) mass is 1110 g/mol. The van der Waals surface area contributed by atoms with Crippen LogP contribution < -0.4 is 0 Å². The van der Waals surface area contributed by atoms with Crippen molar-refractivity contribution in [1.82, 2.24) is 0 Å². The second-order valence-corrected chi connectivity index (χ2v) is 24.6. The highest BCUT2D eigenvalue weighted by molar-refractivity contribution is 7.86. The zero-order valence-corrected chi connectivity index (χ0v) is 49.8. The topological polar surface area (TPSA) is 187 Å². The molecule has 2 aliphatic carbocycles. The largest absolute Gasteiger partial charge is 0.463 e. The summed E-state index contributed by atoms with van der Waals surface area (Å²) in [5.74, 6) is -1.45. The second-order valence-electron chi connectivity index (χ2n) is 23.0. The molecule has 6 atom stereocenters. The van der Waals surface area contributed by atoms with Crippen LogP contribution in [-0.2, 0) is 61.9 Å². The summed E-state index contributed by atoms with van der Waals surface area (Å²) in [6.45, 7) is 16.1. The molecule has 444 valence electrons. The molecule has 2 aliphatic heterocycles. The van der Waals surface area contributed by atoms with Gasteiger partial charge in [-0.25, -0.2) is 0 Å². The van der Waals surface area contributed by atoms with E-state index in [1.54, 1.807) is 24.3 Å². The van der Waals surface area contributed by atoms with Crippen LogP contribution in [0.25, 0.3) is 0 Å². The quantitative estimate of drug-likeness (QED) is 0.0287. The predicted molar refractivity (Wildman–Crippen MR) is 304 cm³/mol. The highest BCUT2D eigenvalue weighted by atomic mass is 32.2. The molecule has 14 nitrogen and oxygen atoms in total. The average molecular weight is 1120 g/mol. The Bertz CT molecular complexity index is 2050. The molecule has 2 saturated heterocycles. The number of hydrogen-bond acceptors (Lipinski definition) is 14. The third kappa shape index (κ3) is 24.0. The molecule has 4 fully saturated rings. The molecule has 0 aromatic heterocycles. The number of unbranched alkanes of at least 4 members (excludes halogenated alkanes) is 10. The number of carbonyl (C=O) groups excluding carboxylic acids is 4. The minimum Gasteiger partial charge on any atom is -0.463 e. The van der Waals surface area contributed by atoms with Gasteiger partial charge in [0, 0.05) is 69.8 Å². The maximum absolute atomic E-state index is 13.3. The fraction of sp³-hybridized carbons (Fsp3) is 0.778. The first-order valence-electron chi connectivity index (χ1n) is 30.3. The van der Waals surface area contributed by atoms with Crippen LogP contribution in [0.1, 0.15) is 214 Å². The van der Waals surface area contributed by atoms with Crippen LogP contribution in [0.4, 0.5) is 0 Å². The molecule has 0 amide bonds. The Morgan fingerprint density at radius 1 is 0.615 bits per heavy atom. The summed E-state index contributed by atoms with van der Waals surface area (Å²) in [5, 5.41) is 9.93. The predicted octanol–water partition coefficient (Wildman–Crippen LogP) is 13.2. The molecule has 4 aliphatic rings. The van der Waals surface area contributed by atoms with Crippen molar-refractivity contribution >= 4 is 33.6 Å². The van der Waals surface area contributed by atoms with Crippen LogP contribution in [0.3, 0.4) is 0 Å². The summed E-state index contributed by atoms with van der Waals surface area (Å²) in [6, 6.07) is 6.60. The first kappa shape index (κ1) is 67.2. The minimum absolute atomic E-state index is 0.0275. The molecule has 0 spiro atoms.